The molecule has 0 heterocycles. The van der Waals surface area contributed by atoms with E-state index in [4.69, 9.17) is 9.47 Å². The first-order chi connectivity index (χ1) is 13.3. The molecule has 0 aliphatic heterocycles. The zero-order chi connectivity index (χ0) is 20.8. The second-order valence-corrected chi connectivity index (χ2v) is 6.03. The Balaban J connectivity index is 2.24. The average molecular weight is 394 g/mol. The van der Waals surface area contributed by atoms with E-state index in [1.807, 2.05) is 18.9 Å². The van der Waals surface area contributed by atoms with E-state index in [9.17, 15) is 18.0 Å². The van der Waals surface area contributed by atoms with E-state index >= 15 is 0 Å². The molecule has 28 heavy (non-hydrogen) atoms. The Bertz CT molecular complexity index is 878. The number of carbonyl (C=O) groups excluding carboxylic acids is 1. The summed E-state index contributed by atoms with van der Waals surface area (Å²) in [6, 6.07) is 4.13. The topological polar surface area (TPSA) is 51.1 Å². The molecule has 0 bridgehead atoms. The molecular weight excluding hydrogens is 373 g/mol. The van der Waals surface area contributed by atoms with Crippen molar-refractivity contribution in [3.8, 4) is 5.75 Å². The minimum Gasteiger partial charge on any atom is -0.495 e. The van der Waals surface area contributed by atoms with Gasteiger partial charge in [-0.1, -0.05) is 0 Å². The van der Waals surface area contributed by atoms with Gasteiger partial charge >= 0.3 is 5.97 Å². The molecule has 150 valence electrons. The molecule has 0 amide bonds. The molecule has 0 fully saturated rings. The fourth-order valence-electron chi connectivity index (χ4n) is 2.41. The number of esters is 1. The highest BCUT2D eigenvalue weighted by Gasteiger charge is 2.20. The Morgan fingerprint density at radius 3 is 2.43 bits per heavy atom. The van der Waals surface area contributed by atoms with E-state index in [0.717, 1.165) is 6.54 Å². The lowest BCUT2D eigenvalue weighted by Gasteiger charge is -2.14. The molecule has 0 radical (unpaired) electrons. The van der Waals surface area contributed by atoms with E-state index in [0.29, 0.717) is 23.4 Å². The maximum Gasteiger partial charge on any atom is 0.342 e. The fourth-order valence-corrected chi connectivity index (χ4v) is 2.41. The molecular formula is C20H21F3N2O3. The van der Waals surface area contributed by atoms with E-state index in [2.05, 4.69) is 4.99 Å². The van der Waals surface area contributed by atoms with Crippen LogP contribution in [0.5, 0.6) is 5.75 Å². The molecule has 0 atom stereocenters. The van der Waals surface area contributed by atoms with Crippen LogP contribution in [-0.2, 0) is 11.3 Å². The first-order valence-electron chi connectivity index (χ1n) is 8.51. The van der Waals surface area contributed by atoms with Crippen molar-refractivity contribution in [3.05, 3.63) is 58.4 Å². The van der Waals surface area contributed by atoms with E-state index in [-0.39, 0.29) is 11.3 Å². The molecule has 0 N–H and O–H groups in total. The van der Waals surface area contributed by atoms with Gasteiger partial charge in [0, 0.05) is 31.3 Å². The van der Waals surface area contributed by atoms with Crippen molar-refractivity contribution < 1.29 is 27.4 Å². The van der Waals surface area contributed by atoms with Crippen molar-refractivity contribution in [2.75, 3.05) is 20.7 Å². The Hall–Kier alpha value is -3.03. The van der Waals surface area contributed by atoms with Crippen LogP contribution in [0.4, 0.5) is 18.9 Å². The van der Waals surface area contributed by atoms with Crippen LogP contribution in [0.25, 0.3) is 0 Å². The van der Waals surface area contributed by atoms with Crippen molar-refractivity contribution in [1.82, 2.24) is 4.90 Å². The molecule has 0 unspecified atom stereocenters. The molecule has 0 aliphatic carbocycles. The second kappa shape index (κ2) is 9.25. The van der Waals surface area contributed by atoms with Crippen molar-refractivity contribution in [2.24, 2.45) is 4.99 Å². The van der Waals surface area contributed by atoms with Crippen molar-refractivity contribution in [2.45, 2.75) is 20.5 Å². The Kier molecular flexibility index (Phi) is 7.03. The minimum absolute atomic E-state index is 0.0886. The lowest BCUT2D eigenvalue weighted by atomic mass is 10.1. The molecule has 2 aromatic rings. The van der Waals surface area contributed by atoms with Gasteiger partial charge in [-0.05, 0) is 26.0 Å². The predicted octanol–water partition coefficient (Wildman–Crippen LogP) is 4.39. The van der Waals surface area contributed by atoms with E-state index in [1.165, 1.54) is 13.2 Å². The van der Waals surface area contributed by atoms with Gasteiger partial charge in [0.25, 0.3) is 0 Å². The highest BCUT2D eigenvalue weighted by Crippen LogP contribution is 2.32. The Morgan fingerprint density at radius 2 is 1.86 bits per heavy atom. The maximum absolute atomic E-state index is 13.7. The molecule has 0 aromatic heterocycles. The lowest BCUT2D eigenvalue weighted by Crippen LogP contribution is -2.14. The van der Waals surface area contributed by atoms with Gasteiger partial charge in [-0.3, -0.25) is 0 Å². The fraction of sp³-hybridized carbons (Fsp3) is 0.300. The van der Waals surface area contributed by atoms with Crippen LogP contribution in [-0.4, -0.2) is 37.9 Å². The van der Waals surface area contributed by atoms with Gasteiger partial charge in [-0.15, -0.1) is 0 Å². The van der Waals surface area contributed by atoms with Crippen molar-refractivity contribution in [3.63, 3.8) is 0 Å². The SMILES string of the molecule is CCN(C)/C=N/c1ccc(C(=O)OCc2c(F)cc(F)cc2F)c(OC)c1C. The number of hydrogen-bond donors (Lipinski definition) is 0. The molecule has 0 spiro atoms. The van der Waals surface area contributed by atoms with Gasteiger partial charge in [0.05, 0.1) is 24.7 Å². The van der Waals surface area contributed by atoms with Gasteiger partial charge in [0.15, 0.2) is 0 Å². The lowest BCUT2D eigenvalue weighted by molar-refractivity contribution is 0.0461. The number of hydrogen-bond acceptors (Lipinski definition) is 4. The quantitative estimate of drug-likeness (QED) is 0.397. The first kappa shape index (κ1) is 21.3. The smallest absolute Gasteiger partial charge is 0.342 e. The zero-order valence-electron chi connectivity index (χ0n) is 16.1. The Morgan fingerprint density at radius 1 is 1.21 bits per heavy atom. The summed E-state index contributed by atoms with van der Waals surface area (Å²) in [7, 11) is 3.26. The van der Waals surface area contributed by atoms with Crippen LogP contribution in [0.1, 0.15) is 28.4 Å². The van der Waals surface area contributed by atoms with Gasteiger partial charge in [0.1, 0.15) is 35.4 Å². The number of rotatable bonds is 7. The largest absolute Gasteiger partial charge is 0.495 e. The summed E-state index contributed by atoms with van der Waals surface area (Å²) >= 11 is 0. The second-order valence-electron chi connectivity index (χ2n) is 6.03. The predicted molar refractivity (Wildman–Crippen MR) is 99.6 cm³/mol. The van der Waals surface area contributed by atoms with E-state index < -0.39 is 35.6 Å². The molecule has 0 saturated carbocycles. The van der Waals surface area contributed by atoms with Gasteiger partial charge in [-0.2, -0.15) is 0 Å². The molecule has 2 aromatic carbocycles. The monoisotopic (exact) mass is 394 g/mol. The summed E-state index contributed by atoms with van der Waals surface area (Å²) in [5, 5.41) is 0. The summed E-state index contributed by atoms with van der Waals surface area (Å²) in [4.78, 5) is 18.6. The molecule has 8 heteroatoms. The Labute approximate surface area is 161 Å². The number of halogens is 3. The van der Waals surface area contributed by atoms with Crippen molar-refractivity contribution >= 4 is 18.0 Å². The molecule has 0 saturated heterocycles. The highest BCUT2D eigenvalue weighted by molar-refractivity contribution is 5.94. The van der Waals surface area contributed by atoms with Gasteiger partial charge in [-0.25, -0.2) is 23.0 Å². The number of aliphatic imine (C=N–C) groups is 1. The minimum atomic E-state index is -1.13. The van der Waals surface area contributed by atoms with Gasteiger partial charge < -0.3 is 14.4 Å². The molecule has 0 aliphatic rings. The third-order valence-corrected chi connectivity index (χ3v) is 4.15. The van der Waals surface area contributed by atoms with Crippen LogP contribution in [0, 0.1) is 24.4 Å². The first-order valence-corrected chi connectivity index (χ1v) is 8.51. The third kappa shape index (κ3) is 4.82. The summed E-state index contributed by atoms with van der Waals surface area (Å²) in [5.41, 5.74) is 0.765. The summed E-state index contributed by atoms with van der Waals surface area (Å²) in [6.07, 6.45) is 1.65. The van der Waals surface area contributed by atoms with Crippen LogP contribution in [0.2, 0.25) is 0 Å². The molecule has 5 nitrogen and oxygen atoms in total. The van der Waals surface area contributed by atoms with Crippen LogP contribution >= 0.6 is 0 Å². The zero-order valence-corrected chi connectivity index (χ0v) is 16.1. The summed E-state index contributed by atoms with van der Waals surface area (Å²) < 4.78 is 50.7. The van der Waals surface area contributed by atoms with Crippen LogP contribution in [0.3, 0.4) is 0 Å². The van der Waals surface area contributed by atoms with Gasteiger partial charge in [0.2, 0.25) is 0 Å². The molecule has 2 rings (SSSR count). The van der Waals surface area contributed by atoms with Crippen LogP contribution < -0.4 is 4.74 Å². The number of benzene rings is 2. The standard InChI is InChI=1S/C20H21F3N2O3/c1-5-25(3)11-24-18-7-6-14(19(27-4)12(18)2)20(26)28-10-15-16(22)8-13(21)9-17(15)23/h6-9,11H,5,10H2,1-4H3/b24-11+. The maximum atomic E-state index is 13.7. The van der Waals surface area contributed by atoms with Crippen molar-refractivity contribution in [1.29, 1.82) is 0 Å². The number of ether oxygens (including phenoxy) is 2. The number of carbonyl (C=O) groups is 1. The number of methoxy groups -OCH3 is 1. The summed E-state index contributed by atoms with van der Waals surface area (Å²) in [5.74, 6) is -3.88. The number of nitrogens with zero attached hydrogens (tertiary/aromatic N) is 2. The van der Waals surface area contributed by atoms with E-state index in [1.54, 1.807) is 19.3 Å². The summed E-state index contributed by atoms with van der Waals surface area (Å²) in [6.45, 7) is 3.81. The van der Waals surface area contributed by atoms with Crippen LogP contribution in [0.15, 0.2) is 29.3 Å². The third-order valence-electron chi connectivity index (χ3n) is 4.15. The highest BCUT2D eigenvalue weighted by atomic mass is 19.1. The normalized spacial score (nSPS) is 11.0. The average Bonchev–Trinajstić information content (AvgIpc) is 2.65.